The van der Waals surface area contributed by atoms with Gasteiger partial charge in [-0.25, -0.2) is 0 Å². The van der Waals surface area contributed by atoms with Crippen molar-refractivity contribution in [2.45, 2.75) is 25.2 Å². The Morgan fingerprint density at radius 1 is 1.06 bits per heavy atom. The molecule has 14 heteroatoms. The largest absolute Gasteiger partial charge is 0.480 e. The van der Waals surface area contributed by atoms with Crippen LogP contribution in [0.5, 0.6) is 5.75 Å². The van der Waals surface area contributed by atoms with Crippen LogP contribution >= 0.6 is 11.6 Å². The standard InChI is InChI=1S/C21H25ClN4O8S/c1-3-11-25(33-16-7-5-4-6-8-16)26(21(23)24(13-19(27)28)14-20(29)30)34-35(31,32)18-12-15(2)9-10-17(18)22/h4-10,12,23H,3,11,13-14H2,1-2H3,(H,27,28)(H,29,30). The van der Waals surface area contributed by atoms with E-state index in [4.69, 9.17) is 26.1 Å². The van der Waals surface area contributed by atoms with E-state index in [1.165, 1.54) is 12.1 Å². The van der Waals surface area contributed by atoms with E-state index in [0.29, 0.717) is 22.1 Å². The lowest BCUT2D eigenvalue weighted by molar-refractivity contribution is -0.292. The number of carboxylic acids is 2. The number of hydrogen-bond acceptors (Lipinski definition) is 8. The molecule has 0 amide bonds. The zero-order valence-electron chi connectivity index (χ0n) is 18.9. The van der Waals surface area contributed by atoms with Crippen molar-refractivity contribution >= 4 is 39.6 Å². The SMILES string of the molecule is CCCN(Oc1ccccc1)N(OS(=O)(=O)c1cc(C)ccc1Cl)C(=N)N(CC(=O)O)CC(=O)O. The van der Waals surface area contributed by atoms with Crippen LogP contribution in [0, 0.1) is 12.3 Å². The number of rotatable bonds is 12. The van der Waals surface area contributed by atoms with Crippen LogP contribution in [-0.2, 0) is 24.0 Å². The molecule has 0 unspecified atom stereocenters. The predicted molar refractivity (Wildman–Crippen MR) is 125 cm³/mol. The zero-order valence-corrected chi connectivity index (χ0v) is 20.5. The highest BCUT2D eigenvalue weighted by Crippen LogP contribution is 2.26. The van der Waals surface area contributed by atoms with E-state index in [1.807, 2.05) is 0 Å². The lowest BCUT2D eigenvalue weighted by Gasteiger charge is -2.35. The van der Waals surface area contributed by atoms with Crippen LogP contribution in [0.1, 0.15) is 18.9 Å². The van der Waals surface area contributed by atoms with Gasteiger partial charge in [-0.05, 0) is 48.3 Å². The maximum Gasteiger partial charge on any atom is 0.323 e. The lowest BCUT2D eigenvalue weighted by atomic mass is 10.2. The number of hydrogen-bond donors (Lipinski definition) is 3. The van der Waals surface area contributed by atoms with Gasteiger partial charge in [-0.15, -0.1) is 4.28 Å². The number of hydroxylamine groups is 2. The van der Waals surface area contributed by atoms with Gasteiger partial charge in [0.2, 0.25) is 5.96 Å². The van der Waals surface area contributed by atoms with Crippen LogP contribution in [0.25, 0.3) is 0 Å². The second-order valence-electron chi connectivity index (χ2n) is 7.18. The van der Waals surface area contributed by atoms with Gasteiger partial charge in [0.15, 0.2) is 0 Å². The minimum absolute atomic E-state index is 0.0255. The zero-order chi connectivity index (χ0) is 26.2. The summed E-state index contributed by atoms with van der Waals surface area (Å²) < 4.78 is 31.6. The molecule has 0 fully saturated rings. The maximum absolute atomic E-state index is 13.2. The molecule has 0 aliphatic carbocycles. The number of aliphatic carboxylic acids is 2. The van der Waals surface area contributed by atoms with Crippen LogP contribution in [-0.4, -0.2) is 71.4 Å². The minimum Gasteiger partial charge on any atom is -0.480 e. The summed E-state index contributed by atoms with van der Waals surface area (Å²) in [6.07, 6.45) is 0.378. The third-order valence-electron chi connectivity index (χ3n) is 4.23. The van der Waals surface area contributed by atoms with E-state index in [-0.39, 0.29) is 17.3 Å². The number of para-hydroxylation sites is 1. The number of guanidine groups is 1. The molecule has 2 rings (SSSR count). The Bertz CT molecular complexity index is 1150. The van der Waals surface area contributed by atoms with Crippen LogP contribution in [0.4, 0.5) is 0 Å². The summed E-state index contributed by atoms with van der Waals surface area (Å²) in [6.45, 7) is 1.49. The molecule has 0 atom stereocenters. The Hall–Kier alpha value is -3.39. The van der Waals surface area contributed by atoms with Crippen LogP contribution < -0.4 is 4.84 Å². The average Bonchev–Trinajstić information content (AvgIpc) is 2.78. The molecular weight excluding hydrogens is 504 g/mol. The Morgan fingerprint density at radius 2 is 1.66 bits per heavy atom. The van der Waals surface area contributed by atoms with Gasteiger partial charge >= 0.3 is 22.1 Å². The van der Waals surface area contributed by atoms with E-state index in [9.17, 15) is 28.2 Å². The quantitative estimate of drug-likeness (QED) is 0.211. The molecule has 2 aromatic carbocycles. The minimum atomic E-state index is -4.69. The van der Waals surface area contributed by atoms with Gasteiger partial charge in [-0.2, -0.15) is 8.42 Å². The van der Waals surface area contributed by atoms with E-state index < -0.39 is 46.0 Å². The first kappa shape index (κ1) is 27.9. The first-order valence-corrected chi connectivity index (χ1v) is 12.0. The third kappa shape index (κ3) is 8.10. The van der Waals surface area contributed by atoms with Gasteiger partial charge in [0.1, 0.15) is 23.7 Å². The van der Waals surface area contributed by atoms with Crippen molar-refractivity contribution < 1.29 is 37.3 Å². The number of benzene rings is 2. The van der Waals surface area contributed by atoms with Gasteiger partial charge in [0, 0.05) is 0 Å². The summed E-state index contributed by atoms with van der Waals surface area (Å²) in [5.41, 5.74) is 0.558. The van der Waals surface area contributed by atoms with Gasteiger partial charge in [-0.3, -0.25) is 15.0 Å². The van der Waals surface area contributed by atoms with E-state index in [2.05, 4.69) is 0 Å². The number of halogens is 1. The highest BCUT2D eigenvalue weighted by atomic mass is 35.5. The molecule has 190 valence electrons. The molecule has 0 heterocycles. The number of carbonyl (C=O) groups is 2. The Balaban J connectivity index is 2.56. The number of carboxylic acid groups (broad SMARTS) is 2. The van der Waals surface area contributed by atoms with Crippen molar-refractivity contribution in [1.82, 2.24) is 15.2 Å². The van der Waals surface area contributed by atoms with Gasteiger partial charge in [0.25, 0.3) is 0 Å². The lowest BCUT2D eigenvalue weighted by Crippen LogP contribution is -2.56. The van der Waals surface area contributed by atoms with Crippen LogP contribution in [0.2, 0.25) is 5.02 Å². The van der Waals surface area contributed by atoms with Gasteiger partial charge < -0.3 is 20.0 Å². The third-order valence-corrected chi connectivity index (χ3v) is 5.88. The number of aryl methyl sites for hydroxylation is 1. The summed E-state index contributed by atoms with van der Waals surface area (Å²) in [5, 5.41) is 28.0. The fourth-order valence-corrected chi connectivity index (χ4v) is 4.18. The summed E-state index contributed by atoms with van der Waals surface area (Å²) in [5.74, 6) is -3.57. The highest BCUT2D eigenvalue weighted by molar-refractivity contribution is 7.86. The maximum atomic E-state index is 13.2. The fraction of sp³-hybridized carbons (Fsp3) is 0.286. The number of nitrogens with zero attached hydrogens (tertiary/aromatic N) is 3. The van der Waals surface area contributed by atoms with Crippen molar-refractivity contribution in [3.05, 3.63) is 59.1 Å². The van der Waals surface area contributed by atoms with Crippen molar-refractivity contribution in [1.29, 1.82) is 5.41 Å². The Morgan fingerprint density at radius 3 is 2.20 bits per heavy atom. The summed E-state index contributed by atoms with van der Waals surface area (Å²) >= 11 is 6.07. The van der Waals surface area contributed by atoms with E-state index >= 15 is 0 Å². The normalized spacial score (nSPS) is 11.2. The average molecular weight is 529 g/mol. The first-order valence-electron chi connectivity index (χ1n) is 10.2. The molecule has 0 bridgehead atoms. The van der Waals surface area contributed by atoms with Crippen molar-refractivity contribution in [2.75, 3.05) is 19.6 Å². The van der Waals surface area contributed by atoms with Crippen molar-refractivity contribution in [3.63, 3.8) is 0 Å². The molecule has 0 radical (unpaired) electrons. The van der Waals surface area contributed by atoms with E-state index in [0.717, 1.165) is 5.17 Å². The molecular formula is C21H25ClN4O8S. The molecule has 0 saturated carbocycles. The molecule has 0 aromatic heterocycles. The second-order valence-corrected chi connectivity index (χ2v) is 9.09. The second kappa shape index (κ2) is 12.4. The molecule has 12 nitrogen and oxygen atoms in total. The molecule has 2 aromatic rings. The number of hydrazine groups is 1. The van der Waals surface area contributed by atoms with Crippen molar-refractivity contribution in [3.8, 4) is 5.75 Å². The first-order chi connectivity index (χ1) is 16.4. The number of nitrogens with one attached hydrogen (secondary N) is 1. The predicted octanol–water partition coefficient (Wildman–Crippen LogP) is 2.60. The van der Waals surface area contributed by atoms with Crippen molar-refractivity contribution in [2.24, 2.45) is 0 Å². The Labute approximate surface area is 207 Å². The van der Waals surface area contributed by atoms with Gasteiger partial charge in [0.05, 0.1) is 11.6 Å². The molecule has 0 saturated heterocycles. The highest BCUT2D eigenvalue weighted by Gasteiger charge is 2.34. The molecule has 0 spiro atoms. The Kier molecular flexibility index (Phi) is 9.83. The topological polar surface area (TPSA) is 161 Å². The van der Waals surface area contributed by atoms with Crippen LogP contribution in [0.3, 0.4) is 0 Å². The molecule has 3 N–H and O–H groups in total. The fourth-order valence-electron chi connectivity index (χ4n) is 2.73. The molecule has 0 aliphatic heterocycles. The summed E-state index contributed by atoms with van der Waals surface area (Å²) in [6, 6.07) is 12.3. The van der Waals surface area contributed by atoms with Crippen LogP contribution in [0.15, 0.2) is 53.4 Å². The monoisotopic (exact) mass is 528 g/mol. The smallest absolute Gasteiger partial charge is 0.323 e. The van der Waals surface area contributed by atoms with Gasteiger partial charge in [-0.1, -0.05) is 48.0 Å². The summed E-state index contributed by atoms with van der Waals surface area (Å²) in [7, 11) is -4.69. The summed E-state index contributed by atoms with van der Waals surface area (Å²) in [4.78, 5) is 28.5. The molecule has 0 aliphatic rings. The van der Waals surface area contributed by atoms with E-state index in [1.54, 1.807) is 50.2 Å². The molecule has 35 heavy (non-hydrogen) atoms.